The van der Waals surface area contributed by atoms with E-state index < -0.39 is 11.5 Å². The summed E-state index contributed by atoms with van der Waals surface area (Å²) in [4.78, 5) is 10.6. The molecule has 0 aromatic rings. The summed E-state index contributed by atoms with van der Waals surface area (Å²) in [5, 5.41) is 0. The summed E-state index contributed by atoms with van der Waals surface area (Å²) in [6.45, 7) is 5.86. The average Bonchev–Trinajstić information content (AvgIpc) is 1.88. The highest BCUT2D eigenvalue weighted by Gasteiger charge is 2.25. The van der Waals surface area contributed by atoms with E-state index in [-0.39, 0.29) is 0 Å². The molecule has 65 valence electrons. The van der Waals surface area contributed by atoms with Crippen LogP contribution in [0.3, 0.4) is 0 Å². The van der Waals surface area contributed by atoms with Gasteiger partial charge in [0.25, 0.3) is 5.91 Å². The smallest absolute Gasteiger partial charge is 0.270 e. The van der Waals surface area contributed by atoms with Gasteiger partial charge in [-0.3, -0.25) is 10.5 Å². The minimum atomic E-state index is -0.921. The van der Waals surface area contributed by atoms with Gasteiger partial charge in [0.2, 0.25) is 0 Å². The van der Waals surface area contributed by atoms with Crippen LogP contribution in [0.15, 0.2) is 0 Å². The zero-order valence-corrected chi connectivity index (χ0v) is 7.44. The monoisotopic (exact) mass is 158 g/mol. The molecule has 0 saturated heterocycles. The Bertz CT molecular complexity index is 132. The Hall–Kier alpha value is -0.570. The first-order valence-corrected chi connectivity index (χ1v) is 3.90. The lowest BCUT2D eigenvalue weighted by Crippen LogP contribution is -2.36. The van der Waals surface area contributed by atoms with Gasteiger partial charge in [0.05, 0.1) is 0 Å². The third kappa shape index (κ3) is 3.98. The van der Waals surface area contributed by atoms with E-state index >= 15 is 0 Å². The molecule has 0 rings (SSSR count). The lowest BCUT2D eigenvalue weighted by Gasteiger charge is -2.20. The van der Waals surface area contributed by atoms with Crippen molar-refractivity contribution >= 4 is 5.91 Å². The molecule has 1 N–H and O–H groups in total. The number of hydrogen-bond donors (Lipinski definition) is 0. The van der Waals surface area contributed by atoms with Crippen LogP contribution in [0.2, 0.25) is 0 Å². The fourth-order valence-electron chi connectivity index (χ4n) is 0.537. The molecule has 0 aliphatic heterocycles. The summed E-state index contributed by atoms with van der Waals surface area (Å²) in [6, 6.07) is 0. The standard InChI is InChI=1S/C8H16NO2/c1-4-5-6-11-8(2,3)7(9)10/h9H,4-6H2,1-3H3. The van der Waals surface area contributed by atoms with E-state index in [4.69, 9.17) is 10.5 Å². The largest absolute Gasteiger partial charge is 0.366 e. The van der Waals surface area contributed by atoms with Gasteiger partial charge in [0.1, 0.15) is 5.60 Å². The van der Waals surface area contributed by atoms with Crippen LogP contribution in [-0.2, 0) is 9.53 Å². The van der Waals surface area contributed by atoms with Crippen molar-refractivity contribution in [3.63, 3.8) is 0 Å². The maximum Gasteiger partial charge on any atom is 0.270 e. The first-order chi connectivity index (χ1) is 5.00. The van der Waals surface area contributed by atoms with Crippen LogP contribution in [0.25, 0.3) is 0 Å². The number of carbonyl (C=O) groups is 1. The molecule has 0 atom stereocenters. The maximum atomic E-state index is 10.6. The number of carbonyl (C=O) groups excluding carboxylic acids is 1. The normalized spacial score (nSPS) is 11.5. The quantitative estimate of drug-likeness (QED) is 0.568. The molecule has 0 fully saturated rings. The van der Waals surface area contributed by atoms with Gasteiger partial charge in [-0.25, -0.2) is 0 Å². The first-order valence-electron chi connectivity index (χ1n) is 3.90. The number of amides is 1. The average molecular weight is 158 g/mol. The lowest BCUT2D eigenvalue weighted by atomic mass is 10.1. The molecular weight excluding hydrogens is 142 g/mol. The number of hydrogen-bond acceptors (Lipinski definition) is 2. The number of unbranched alkanes of at least 4 members (excludes halogenated alkanes) is 1. The van der Waals surface area contributed by atoms with E-state index in [0.29, 0.717) is 6.61 Å². The molecule has 3 nitrogen and oxygen atoms in total. The Labute approximate surface area is 67.9 Å². The summed E-state index contributed by atoms with van der Waals surface area (Å²) >= 11 is 0. The number of nitrogens with one attached hydrogen (secondary N) is 1. The summed E-state index contributed by atoms with van der Waals surface area (Å²) < 4.78 is 5.19. The van der Waals surface area contributed by atoms with Gasteiger partial charge >= 0.3 is 0 Å². The number of rotatable bonds is 5. The molecular formula is C8H16NO2. The second-order valence-electron chi connectivity index (χ2n) is 3.04. The van der Waals surface area contributed by atoms with Crippen LogP contribution >= 0.6 is 0 Å². The third-order valence-electron chi connectivity index (χ3n) is 1.51. The minimum absolute atomic E-state index is 0.564. The van der Waals surface area contributed by atoms with E-state index in [9.17, 15) is 4.79 Å². The Morgan fingerprint density at radius 3 is 2.45 bits per heavy atom. The fourth-order valence-corrected chi connectivity index (χ4v) is 0.537. The molecule has 1 radical (unpaired) electrons. The van der Waals surface area contributed by atoms with E-state index in [1.54, 1.807) is 13.8 Å². The van der Waals surface area contributed by atoms with Crippen molar-refractivity contribution in [1.82, 2.24) is 5.73 Å². The highest BCUT2D eigenvalue weighted by molar-refractivity contribution is 5.81. The van der Waals surface area contributed by atoms with E-state index in [1.165, 1.54) is 0 Å². The molecule has 11 heavy (non-hydrogen) atoms. The lowest BCUT2D eigenvalue weighted by molar-refractivity contribution is -0.140. The van der Waals surface area contributed by atoms with Crippen molar-refractivity contribution in [2.75, 3.05) is 6.61 Å². The van der Waals surface area contributed by atoms with E-state index in [2.05, 4.69) is 6.92 Å². The zero-order chi connectivity index (χ0) is 8.91. The molecule has 0 aliphatic carbocycles. The highest BCUT2D eigenvalue weighted by Crippen LogP contribution is 2.09. The van der Waals surface area contributed by atoms with Gasteiger partial charge in [-0.15, -0.1) is 0 Å². The van der Waals surface area contributed by atoms with Crippen LogP contribution in [-0.4, -0.2) is 18.1 Å². The van der Waals surface area contributed by atoms with Crippen LogP contribution < -0.4 is 5.73 Å². The molecule has 0 aromatic carbocycles. The van der Waals surface area contributed by atoms with Crippen LogP contribution in [0, 0.1) is 0 Å². The zero-order valence-electron chi connectivity index (χ0n) is 7.44. The van der Waals surface area contributed by atoms with Crippen LogP contribution in [0.1, 0.15) is 33.6 Å². The Morgan fingerprint density at radius 2 is 2.09 bits per heavy atom. The minimum Gasteiger partial charge on any atom is -0.366 e. The maximum absolute atomic E-state index is 10.6. The van der Waals surface area contributed by atoms with Gasteiger partial charge < -0.3 is 4.74 Å². The molecule has 0 saturated carbocycles. The Balaban J connectivity index is 3.64. The fraction of sp³-hybridized carbons (Fsp3) is 0.875. The SMILES string of the molecule is CCCCOC(C)(C)C([NH])=O. The van der Waals surface area contributed by atoms with Gasteiger partial charge in [-0.05, 0) is 20.3 Å². The molecule has 0 spiro atoms. The Morgan fingerprint density at radius 1 is 1.55 bits per heavy atom. The molecule has 0 heterocycles. The summed E-state index contributed by atoms with van der Waals surface area (Å²) in [6.07, 6.45) is 1.99. The molecule has 0 unspecified atom stereocenters. The van der Waals surface area contributed by atoms with E-state index in [0.717, 1.165) is 12.8 Å². The summed E-state index contributed by atoms with van der Waals surface area (Å²) in [7, 11) is 0. The highest BCUT2D eigenvalue weighted by atomic mass is 16.5. The molecule has 0 bridgehead atoms. The second kappa shape index (κ2) is 4.34. The second-order valence-corrected chi connectivity index (χ2v) is 3.04. The van der Waals surface area contributed by atoms with Crippen LogP contribution in [0.4, 0.5) is 0 Å². The Kier molecular flexibility index (Phi) is 4.11. The van der Waals surface area contributed by atoms with Gasteiger partial charge in [0, 0.05) is 6.61 Å². The van der Waals surface area contributed by atoms with Crippen molar-refractivity contribution in [3.8, 4) is 0 Å². The number of ether oxygens (including phenoxy) is 1. The molecule has 0 aliphatic rings. The van der Waals surface area contributed by atoms with Gasteiger partial charge in [0.15, 0.2) is 0 Å². The predicted octanol–water partition coefficient (Wildman–Crippen LogP) is 1.39. The van der Waals surface area contributed by atoms with Crippen molar-refractivity contribution in [1.29, 1.82) is 0 Å². The van der Waals surface area contributed by atoms with Crippen molar-refractivity contribution in [3.05, 3.63) is 0 Å². The van der Waals surface area contributed by atoms with Crippen molar-refractivity contribution < 1.29 is 9.53 Å². The molecule has 1 amide bonds. The predicted molar refractivity (Wildman–Crippen MR) is 43.0 cm³/mol. The topological polar surface area (TPSA) is 50.1 Å². The summed E-state index contributed by atoms with van der Waals surface area (Å²) in [5.74, 6) is -0.659. The van der Waals surface area contributed by atoms with Crippen LogP contribution in [0.5, 0.6) is 0 Å². The third-order valence-corrected chi connectivity index (χ3v) is 1.51. The van der Waals surface area contributed by atoms with Gasteiger partial charge in [-0.2, -0.15) is 0 Å². The van der Waals surface area contributed by atoms with Crippen molar-refractivity contribution in [2.45, 2.75) is 39.2 Å². The first kappa shape index (κ1) is 10.4. The van der Waals surface area contributed by atoms with E-state index in [1.807, 2.05) is 0 Å². The summed E-state index contributed by atoms with van der Waals surface area (Å²) in [5.41, 5.74) is 5.93. The molecule has 3 heteroatoms. The van der Waals surface area contributed by atoms with Crippen molar-refractivity contribution in [2.24, 2.45) is 0 Å². The molecule has 0 aromatic heterocycles. The van der Waals surface area contributed by atoms with Gasteiger partial charge in [-0.1, -0.05) is 13.3 Å².